The van der Waals surface area contributed by atoms with E-state index in [1.54, 1.807) is 17.3 Å². The quantitative estimate of drug-likeness (QED) is 0.105. The van der Waals surface area contributed by atoms with Crippen LogP contribution in [0.4, 0.5) is 14.6 Å². The average molecular weight is 507 g/mol. The molecule has 0 aliphatic carbocycles. The van der Waals surface area contributed by atoms with Gasteiger partial charge in [0.15, 0.2) is 17.5 Å². The summed E-state index contributed by atoms with van der Waals surface area (Å²) in [7, 11) is 0. The maximum atomic E-state index is 14.6. The van der Waals surface area contributed by atoms with Crippen molar-refractivity contribution in [3.63, 3.8) is 0 Å². The number of nitrogen functional groups attached to an aromatic ring is 1. The van der Waals surface area contributed by atoms with Gasteiger partial charge in [0, 0.05) is 37.1 Å². The molecule has 1 fully saturated rings. The second kappa shape index (κ2) is 13.8. The topological polar surface area (TPSA) is 165 Å². The van der Waals surface area contributed by atoms with Crippen molar-refractivity contribution in [3.8, 4) is 0 Å². The highest BCUT2D eigenvalue weighted by molar-refractivity contribution is 6.02. The third-order valence-corrected chi connectivity index (χ3v) is 6.18. The molecule has 0 spiro atoms. The molecule has 36 heavy (non-hydrogen) atoms. The van der Waals surface area contributed by atoms with Gasteiger partial charge in [-0.05, 0) is 51.3 Å². The number of nitrogens with zero attached hydrogens (tertiary/aromatic N) is 5. The highest BCUT2D eigenvalue weighted by Crippen LogP contribution is 2.23. The molecule has 10 nitrogen and oxygen atoms in total. The van der Waals surface area contributed by atoms with E-state index >= 15 is 0 Å². The van der Waals surface area contributed by atoms with E-state index in [0.29, 0.717) is 17.7 Å². The van der Waals surface area contributed by atoms with Crippen LogP contribution >= 0.6 is 0 Å². The van der Waals surface area contributed by atoms with Crippen molar-refractivity contribution < 1.29 is 8.78 Å². The van der Waals surface area contributed by atoms with E-state index < -0.39 is 17.7 Å². The molecule has 200 valence electrons. The summed E-state index contributed by atoms with van der Waals surface area (Å²) in [5, 5.41) is 6.18. The summed E-state index contributed by atoms with van der Waals surface area (Å²) in [4.78, 5) is 6.58. The van der Waals surface area contributed by atoms with E-state index in [4.69, 9.17) is 29.0 Å². The number of anilines is 1. The Morgan fingerprint density at radius 2 is 1.94 bits per heavy atom. The SMILES string of the molecule is CC/C=C\C(F)=C(\F)C(C)N(N)/C(=N\N)c1cc(/C(N)=C/N(N)C2CCN(CCC)CC2)cnc1N. The Balaban J connectivity index is 2.25. The zero-order valence-corrected chi connectivity index (χ0v) is 21.4. The normalized spacial score (nSPS) is 17.9. The molecule has 0 saturated carbocycles. The van der Waals surface area contributed by atoms with E-state index in [9.17, 15) is 8.78 Å². The summed E-state index contributed by atoms with van der Waals surface area (Å²) in [6, 6.07) is 0.521. The third-order valence-electron chi connectivity index (χ3n) is 6.18. The number of allylic oxidation sites excluding steroid dienone is 3. The van der Waals surface area contributed by atoms with E-state index in [0.717, 1.165) is 50.0 Å². The van der Waals surface area contributed by atoms with Crippen molar-refractivity contribution in [1.29, 1.82) is 0 Å². The van der Waals surface area contributed by atoms with Crippen LogP contribution in [0.1, 0.15) is 57.6 Å². The minimum Gasteiger partial charge on any atom is -0.397 e. The fraction of sp³-hybridized carbons (Fsp3) is 0.500. The molecule has 1 aliphatic rings. The monoisotopic (exact) mass is 506 g/mol. The number of rotatable bonds is 10. The van der Waals surface area contributed by atoms with Crippen molar-refractivity contribution in [3.05, 3.63) is 53.4 Å². The molecule has 12 heteroatoms. The maximum Gasteiger partial charge on any atom is 0.173 e. The van der Waals surface area contributed by atoms with Gasteiger partial charge in [-0.3, -0.25) is 5.01 Å². The van der Waals surface area contributed by atoms with Gasteiger partial charge in [0.2, 0.25) is 0 Å². The molecule has 1 aromatic heterocycles. The number of likely N-dealkylation sites (tertiary alicyclic amines) is 1. The third kappa shape index (κ3) is 7.39. The van der Waals surface area contributed by atoms with Crippen LogP contribution in [0.15, 0.2) is 47.4 Å². The highest BCUT2D eigenvalue weighted by Gasteiger charge is 2.25. The molecule has 0 radical (unpaired) electrons. The van der Waals surface area contributed by atoms with E-state index in [1.165, 1.54) is 19.2 Å². The van der Waals surface area contributed by atoms with Gasteiger partial charge in [0.1, 0.15) is 5.82 Å². The minimum atomic E-state index is -1.22. The second-order valence-electron chi connectivity index (χ2n) is 8.80. The maximum absolute atomic E-state index is 14.6. The van der Waals surface area contributed by atoms with Gasteiger partial charge >= 0.3 is 0 Å². The Bertz CT molecular complexity index is 983. The Hall–Kier alpha value is -3.22. The lowest BCUT2D eigenvalue weighted by Gasteiger charge is -2.35. The molecular weight excluding hydrogens is 466 g/mol. The van der Waals surface area contributed by atoms with Gasteiger partial charge in [0.05, 0.1) is 17.3 Å². The number of amidine groups is 1. The molecule has 10 N–H and O–H groups in total. The summed E-state index contributed by atoms with van der Waals surface area (Å²) in [5.74, 6) is 15.8. The number of aromatic nitrogens is 1. The minimum absolute atomic E-state index is 0.0436. The van der Waals surface area contributed by atoms with Crippen LogP contribution in [0.5, 0.6) is 0 Å². The van der Waals surface area contributed by atoms with Gasteiger partial charge in [0.25, 0.3) is 0 Å². The predicted octanol–water partition coefficient (Wildman–Crippen LogP) is 2.27. The van der Waals surface area contributed by atoms with E-state index in [2.05, 4.69) is 21.9 Å². The number of nitrogens with two attached hydrogens (primary N) is 5. The molecular formula is C24H40F2N10. The Morgan fingerprint density at radius 1 is 1.28 bits per heavy atom. The van der Waals surface area contributed by atoms with Crippen LogP contribution in [0.3, 0.4) is 0 Å². The summed E-state index contributed by atoms with van der Waals surface area (Å²) in [6.07, 6.45) is 9.21. The van der Waals surface area contributed by atoms with Crippen LogP contribution in [0.2, 0.25) is 0 Å². The van der Waals surface area contributed by atoms with Crippen molar-refractivity contribution in [2.75, 3.05) is 25.4 Å². The molecule has 2 heterocycles. The predicted molar refractivity (Wildman–Crippen MR) is 141 cm³/mol. The Morgan fingerprint density at radius 3 is 2.53 bits per heavy atom. The molecule has 1 aliphatic heterocycles. The van der Waals surface area contributed by atoms with E-state index in [1.807, 2.05) is 6.92 Å². The fourth-order valence-electron chi connectivity index (χ4n) is 3.99. The van der Waals surface area contributed by atoms with Gasteiger partial charge in [-0.1, -0.05) is 19.9 Å². The first kappa shape index (κ1) is 29.0. The Kier molecular flexibility index (Phi) is 11.1. The first-order chi connectivity index (χ1) is 17.1. The van der Waals surface area contributed by atoms with Gasteiger partial charge in [-0.25, -0.2) is 25.5 Å². The van der Waals surface area contributed by atoms with Crippen molar-refractivity contribution in [2.24, 2.45) is 28.4 Å². The van der Waals surface area contributed by atoms with Crippen LogP contribution in [-0.2, 0) is 0 Å². The van der Waals surface area contributed by atoms with Crippen molar-refractivity contribution in [2.45, 2.75) is 58.5 Å². The van der Waals surface area contributed by atoms with Crippen LogP contribution in [0.25, 0.3) is 5.70 Å². The summed E-state index contributed by atoms with van der Waals surface area (Å²) in [5.41, 5.74) is 13.4. The highest BCUT2D eigenvalue weighted by atomic mass is 19.2. The molecule has 2 rings (SSSR count). The number of pyridine rings is 1. The zero-order chi connectivity index (χ0) is 26.8. The number of piperidine rings is 1. The molecule has 1 atom stereocenters. The van der Waals surface area contributed by atoms with Gasteiger partial charge in [-0.2, -0.15) is 5.10 Å². The second-order valence-corrected chi connectivity index (χ2v) is 8.80. The molecule has 1 aromatic rings. The number of hydrogen-bond acceptors (Lipinski definition) is 9. The van der Waals surface area contributed by atoms with Crippen molar-refractivity contribution in [1.82, 2.24) is 19.9 Å². The molecule has 0 amide bonds. The number of hydrogen-bond donors (Lipinski definition) is 5. The van der Waals surface area contributed by atoms with Crippen molar-refractivity contribution >= 4 is 17.4 Å². The van der Waals surface area contributed by atoms with Crippen LogP contribution < -0.4 is 29.0 Å². The Labute approximate surface area is 212 Å². The van der Waals surface area contributed by atoms with Gasteiger partial charge in [-0.15, -0.1) is 0 Å². The summed E-state index contributed by atoms with van der Waals surface area (Å²) >= 11 is 0. The lowest BCUT2D eigenvalue weighted by molar-refractivity contribution is 0.142. The van der Waals surface area contributed by atoms with Gasteiger partial charge < -0.3 is 27.2 Å². The largest absolute Gasteiger partial charge is 0.397 e. The molecule has 1 unspecified atom stereocenters. The first-order valence-corrected chi connectivity index (χ1v) is 12.2. The smallest absolute Gasteiger partial charge is 0.173 e. The van der Waals surface area contributed by atoms with E-state index in [-0.39, 0.29) is 23.3 Å². The molecule has 1 saturated heterocycles. The average Bonchev–Trinajstić information content (AvgIpc) is 2.88. The number of hydrazone groups is 1. The molecule has 0 bridgehead atoms. The lowest BCUT2D eigenvalue weighted by Crippen LogP contribution is -2.46. The summed E-state index contributed by atoms with van der Waals surface area (Å²) in [6.45, 7) is 8.39. The van der Waals surface area contributed by atoms with Crippen LogP contribution in [-0.4, -0.2) is 57.5 Å². The van der Waals surface area contributed by atoms with Crippen LogP contribution in [0, 0.1) is 0 Å². The fourth-order valence-corrected chi connectivity index (χ4v) is 3.99. The standard InChI is InChI=1S/C24H40F2N10/c1-4-6-7-20(25)22(26)16(3)36(31)24(33-29)19-13-17(14-32-23(19)28)21(27)15-35(30)18-8-11-34(10-5-2)12-9-18/h6-7,13-16,18H,4-5,8-12,27,29-31H2,1-3H3,(H2,28,32)/b7-6-,21-15-,22-20-,33-24-. The first-order valence-electron chi connectivity index (χ1n) is 12.2. The number of hydrazine groups is 2. The lowest BCUT2D eigenvalue weighted by atomic mass is 10.0. The summed E-state index contributed by atoms with van der Waals surface area (Å²) < 4.78 is 28.7. The number of halogens is 2. The zero-order valence-electron chi connectivity index (χ0n) is 21.4. The molecule has 0 aromatic carbocycles.